The lowest BCUT2D eigenvalue weighted by Gasteiger charge is -2.29. The van der Waals surface area contributed by atoms with Gasteiger partial charge in [0.15, 0.2) is 0 Å². The number of carbonyl (C=O) groups excluding carboxylic acids is 3. The largest absolute Gasteiger partial charge is 0.293 e. The van der Waals surface area contributed by atoms with Gasteiger partial charge in [0.05, 0.1) is 5.54 Å². The predicted molar refractivity (Wildman–Crippen MR) is 56.4 cm³/mol. The monoisotopic (exact) mass is 236 g/mol. The number of rotatable bonds is 3. The van der Waals surface area contributed by atoms with Gasteiger partial charge in [-0.3, -0.25) is 19.3 Å². The lowest BCUT2D eigenvalue weighted by atomic mass is 9.89. The molecule has 2 aliphatic heterocycles. The smallest absolute Gasteiger partial charge is 0.229 e. The topological polar surface area (TPSA) is 103 Å². The summed E-state index contributed by atoms with van der Waals surface area (Å²) in [6.07, 6.45) is 2.44. The molecule has 90 valence electrons. The Balaban J connectivity index is 2.08. The maximum Gasteiger partial charge on any atom is 0.229 e. The first-order valence-corrected chi connectivity index (χ1v) is 5.53. The molecule has 2 heterocycles. The maximum absolute atomic E-state index is 11.6. The summed E-state index contributed by atoms with van der Waals surface area (Å²) < 4.78 is 0. The van der Waals surface area contributed by atoms with Gasteiger partial charge in [-0.05, 0) is 29.9 Å². The van der Waals surface area contributed by atoms with E-state index in [2.05, 4.69) is 10.0 Å². The number of hydrogen-bond donors (Lipinski definition) is 0. The van der Waals surface area contributed by atoms with Gasteiger partial charge < -0.3 is 0 Å². The summed E-state index contributed by atoms with van der Waals surface area (Å²) in [5.41, 5.74) is 7.63. The minimum atomic E-state index is -0.541. The Kier molecular flexibility index (Phi) is 2.85. The molecule has 2 rings (SSSR count). The predicted octanol–water partition coefficient (Wildman–Crippen LogP) is 1.29. The molecule has 0 saturated carbocycles. The molecule has 0 aliphatic carbocycles. The highest BCUT2D eigenvalue weighted by Crippen LogP contribution is 2.43. The number of imide groups is 1. The second kappa shape index (κ2) is 4.18. The fourth-order valence-electron chi connectivity index (χ4n) is 2.72. The lowest BCUT2D eigenvalue weighted by Crippen LogP contribution is -2.42. The Morgan fingerprint density at radius 3 is 2.47 bits per heavy atom. The van der Waals surface area contributed by atoms with E-state index in [-0.39, 0.29) is 18.2 Å². The van der Waals surface area contributed by atoms with E-state index < -0.39 is 11.4 Å². The molecule has 0 radical (unpaired) electrons. The van der Waals surface area contributed by atoms with E-state index in [1.807, 2.05) is 0 Å². The molecule has 0 unspecified atom stereocenters. The van der Waals surface area contributed by atoms with Gasteiger partial charge in [0.25, 0.3) is 0 Å². The van der Waals surface area contributed by atoms with Crippen molar-refractivity contribution in [1.29, 1.82) is 0 Å². The molecule has 3 amide bonds. The number of azide groups is 1. The van der Waals surface area contributed by atoms with Crippen molar-refractivity contribution in [2.75, 3.05) is 0 Å². The van der Waals surface area contributed by atoms with Crippen LogP contribution in [0.1, 0.15) is 38.5 Å². The van der Waals surface area contributed by atoms with Crippen molar-refractivity contribution < 1.29 is 14.4 Å². The first-order chi connectivity index (χ1) is 8.09. The van der Waals surface area contributed by atoms with E-state index in [4.69, 9.17) is 5.53 Å². The molecule has 0 aromatic heterocycles. The fraction of sp³-hybridized carbons (Fsp3) is 0.700. The molecule has 2 aliphatic rings. The lowest BCUT2D eigenvalue weighted by molar-refractivity contribution is -0.143. The first kappa shape index (κ1) is 11.6. The molecule has 7 nitrogen and oxygen atoms in total. The summed E-state index contributed by atoms with van der Waals surface area (Å²) >= 11 is 0. The quantitative estimate of drug-likeness (QED) is 0.319. The van der Waals surface area contributed by atoms with Gasteiger partial charge in [-0.2, -0.15) is 0 Å². The summed E-state index contributed by atoms with van der Waals surface area (Å²) in [6.45, 7) is 0. The van der Waals surface area contributed by atoms with Crippen LogP contribution < -0.4 is 0 Å². The van der Waals surface area contributed by atoms with Crippen molar-refractivity contribution in [1.82, 2.24) is 4.90 Å². The molecular formula is C10H12N4O3. The van der Waals surface area contributed by atoms with Gasteiger partial charge in [0, 0.05) is 24.2 Å². The van der Waals surface area contributed by atoms with Gasteiger partial charge in [-0.25, -0.2) is 0 Å². The highest BCUT2D eigenvalue weighted by atomic mass is 16.2. The number of hydrogen-bond acceptors (Lipinski definition) is 3. The zero-order valence-corrected chi connectivity index (χ0v) is 9.26. The second-order valence-corrected chi connectivity index (χ2v) is 4.43. The number of amides is 3. The SMILES string of the molecule is [N-]=[N+]=NC(=O)CCC12CCC(=O)N1C(=O)CC2. The molecule has 7 heteroatoms. The van der Waals surface area contributed by atoms with E-state index >= 15 is 0 Å². The number of nitrogens with zero attached hydrogens (tertiary/aromatic N) is 4. The molecule has 0 aromatic carbocycles. The van der Waals surface area contributed by atoms with Gasteiger partial charge in [-0.1, -0.05) is 0 Å². The zero-order valence-electron chi connectivity index (χ0n) is 9.26. The molecular weight excluding hydrogens is 224 g/mol. The second-order valence-electron chi connectivity index (χ2n) is 4.43. The number of fused-ring (bicyclic) bond motifs is 1. The molecule has 17 heavy (non-hydrogen) atoms. The minimum absolute atomic E-state index is 0.0844. The molecule has 0 bridgehead atoms. The van der Waals surface area contributed by atoms with Crippen molar-refractivity contribution in [2.45, 2.75) is 44.1 Å². The van der Waals surface area contributed by atoms with Gasteiger partial charge in [0.2, 0.25) is 17.7 Å². The van der Waals surface area contributed by atoms with Crippen LogP contribution in [0, 0.1) is 0 Å². The summed E-state index contributed by atoms with van der Waals surface area (Å²) in [6, 6.07) is 0. The third kappa shape index (κ3) is 1.89. The zero-order chi connectivity index (χ0) is 12.5. The van der Waals surface area contributed by atoms with Crippen LogP contribution in [0.4, 0.5) is 0 Å². The van der Waals surface area contributed by atoms with Crippen LogP contribution in [0.3, 0.4) is 0 Å². The fourth-order valence-corrected chi connectivity index (χ4v) is 2.72. The molecule has 0 atom stereocenters. The molecule has 0 N–H and O–H groups in total. The highest BCUT2D eigenvalue weighted by Gasteiger charge is 2.52. The first-order valence-electron chi connectivity index (χ1n) is 5.53. The van der Waals surface area contributed by atoms with Crippen molar-refractivity contribution in [3.63, 3.8) is 0 Å². The summed E-state index contributed by atoms with van der Waals surface area (Å²) in [5, 5.41) is 2.99. The standard InChI is InChI=1S/C10H12N4O3/c11-13-12-7(15)1-4-10-5-2-8(16)14(10)9(17)3-6-10/h1-6H2. The van der Waals surface area contributed by atoms with E-state index in [0.29, 0.717) is 32.1 Å². The Morgan fingerprint density at radius 1 is 1.35 bits per heavy atom. The molecule has 2 saturated heterocycles. The maximum atomic E-state index is 11.6. The average Bonchev–Trinajstić information content (AvgIpc) is 2.78. The van der Waals surface area contributed by atoms with Crippen LogP contribution >= 0.6 is 0 Å². The average molecular weight is 236 g/mol. The summed E-state index contributed by atoms with van der Waals surface area (Å²) in [4.78, 5) is 38.0. The Bertz CT molecular complexity index is 419. The van der Waals surface area contributed by atoms with Crippen LogP contribution in [0.2, 0.25) is 0 Å². The van der Waals surface area contributed by atoms with Crippen LogP contribution in [-0.2, 0) is 14.4 Å². The Morgan fingerprint density at radius 2 is 1.94 bits per heavy atom. The Hall–Kier alpha value is -1.88. The van der Waals surface area contributed by atoms with Gasteiger partial charge in [-0.15, -0.1) is 0 Å². The van der Waals surface area contributed by atoms with Gasteiger partial charge >= 0.3 is 0 Å². The van der Waals surface area contributed by atoms with E-state index in [9.17, 15) is 14.4 Å². The molecule has 0 spiro atoms. The third-order valence-electron chi connectivity index (χ3n) is 3.54. The summed E-state index contributed by atoms with van der Waals surface area (Å²) in [5.74, 6) is -0.840. The number of carbonyl (C=O) groups is 3. The van der Waals surface area contributed by atoms with E-state index in [1.54, 1.807) is 0 Å². The highest BCUT2D eigenvalue weighted by molar-refractivity contribution is 6.00. The molecule has 2 fully saturated rings. The Labute approximate surface area is 97.4 Å². The third-order valence-corrected chi connectivity index (χ3v) is 3.54. The normalized spacial score (nSPS) is 21.3. The van der Waals surface area contributed by atoms with E-state index in [1.165, 1.54) is 4.90 Å². The van der Waals surface area contributed by atoms with E-state index in [0.717, 1.165) is 0 Å². The van der Waals surface area contributed by atoms with Crippen LogP contribution in [0.15, 0.2) is 5.11 Å². The van der Waals surface area contributed by atoms with Crippen molar-refractivity contribution >= 4 is 17.7 Å². The van der Waals surface area contributed by atoms with Crippen LogP contribution in [-0.4, -0.2) is 28.2 Å². The van der Waals surface area contributed by atoms with Crippen molar-refractivity contribution in [3.8, 4) is 0 Å². The molecule has 0 aromatic rings. The van der Waals surface area contributed by atoms with Gasteiger partial charge in [0.1, 0.15) is 0 Å². The van der Waals surface area contributed by atoms with Crippen molar-refractivity contribution in [3.05, 3.63) is 10.4 Å². The minimum Gasteiger partial charge on any atom is -0.293 e. The summed E-state index contributed by atoms with van der Waals surface area (Å²) in [7, 11) is 0. The van der Waals surface area contributed by atoms with Crippen LogP contribution in [0.5, 0.6) is 0 Å². The van der Waals surface area contributed by atoms with Crippen molar-refractivity contribution in [2.24, 2.45) is 5.11 Å². The van der Waals surface area contributed by atoms with Crippen LogP contribution in [0.25, 0.3) is 10.4 Å².